The van der Waals surface area contributed by atoms with E-state index in [1.54, 1.807) is 7.05 Å². The number of rotatable bonds is 3. The number of β-amino-alcohol motifs (C(OH)–C–C–N with tert-alkyl or cyclic N) is 1. The van der Waals surface area contributed by atoms with E-state index < -0.39 is 6.10 Å². The minimum atomic E-state index is -0.444. The molecule has 1 aromatic carbocycles. The van der Waals surface area contributed by atoms with Gasteiger partial charge in [-0.25, -0.2) is 0 Å². The molecule has 0 saturated carbocycles. The Kier molecular flexibility index (Phi) is 3.96. The van der Waals surface area contributed by atoms with Gasteiger partial charge in [-0.15, -0.1) is 0 Å². The Labute approximate surface area is 127 Å². The Balaban J connectivity index is 1.88. The van der Waals surface area contributed by atoms with Gasteiger partial charge in [0.1, 0.15) is 0 Å². The van der Waals surface area contributed by atoms with Crippen molar-refractivity contribution in [3.05, 3.63) is 46.2 Å². The second kappa shape index (κ2) is 5.90. The topological polar surface area (TPSA) is 83.4 Å². The molecule has 2 aromatic rings. The number of aromatic nitrogens is 1. The minimum Gasteiger partial charge on any atom is -0.391 e. The fraction of sp³-hybridized carbons (Fsp3) is 0.375. The van der Waals surface area contributed by atoms with Gasteiger partial charge in [0.25, 0.3) is 11.5 Å². The number of carbonyl (C=O) groups excluding carboxylic acids is 1. The number of para-hydroxylation sites is 1. The summed E-state index contributed by atoms with van der Waals surface area (Å²) in [5.74, 6) is -0.283. The summed E-state index contributed by atoms with van der Waals surface area (Å²) in [6.45, 7) is 1.62. The van der Waals surface area contributed by atoms with E-state index in [1.165, 1.54) is 10.6 Å². The summed E-state index contributed by atoms with van der Waals surface area (Å²) in [7, 11) is 1.69. The van der Waals surface area contributed by atoms with Crippen LogP contribution in [0.3, 0.4) is 0 Å². The lowest BCUT2D eigenvalue weighted by Gasteiger charge is -2.15. The molecule has 3 rings (SSSR count). The molecule has 1 saturated heterocycles. The van der Waals surface area contributed by atoms with E-state index in [1.807, 2.05) is 24.3 Å². The summed E-state index contributed by atoms with van der Waals surface area (Å²) < 4.78 is 1.52. The van der Waals surface area contributed by atoms with E-state index in [0.717, 1.165) is 10.9 Å². The highest BCUT2D eigenvalue weighted by molar-refractivity contribution is 6.06. The number of aliphatic hydroxyl groups is 1. The van der Waals surface area contributed by atoms with Crippen molar-refractivity contribution in [2.24, 2.45) is 13.0 Å². The Bertz CT molecular complexity index is 769. The lowest BCUT2D eigenvalue weighted by molar-refractivity contribution is 0.0928. The first kappa shape index (κ1) is 14.7. The fourth-order valence-corrected chi connectivity index (χ4v) is 2.85. The number of aryl methyl sites for hydroxylation is 1. The molecule has 0 radical (unpaired) electrons. The standard InChI is InChI=1S/C16H19N3O3/c1-19-13-5-3-2-4-11(13)12(6-15(19)21)16(22)18-8-10-7-17-9-14(10)20/h2-6,10,14,17,20H,7-9H2,1H3,(H,18,22). The number of nitrogens with one attached hydrogen (secondary N) is 2. The summed E-state index contributed by atoms with van der Waals surface area (Å²) >= 11 is 0. The summed E-state index contributed by atoms with van der Waals surface area (Å²) in [6.07, 6.45) is -0.444. The summed E-state index contributed by atoms with van der Waals surface area (Å²) in [4.78, 5) is 24.4. The third-order valence-electron chi connectivity index (χ3n) is 4.23. The Morgan fingerprint density at radius 3 is 2.91 bits per heavy atom. The van der Waals surface area contributed by atoms with Crippen LogP contribution in [0.25, 0.3) is 10.9 Å². The van der Waals surface area contributed by atoms with Gasteiger partial charge in [0.05, 0.1) is 17.2 Å². The zero-order valence-electron chi connectivity index (χ0n) is 12.4. The summed E-state index contributed by atoms with van der Waals surface area (Å²) in [5, 5.41) is 16.4. The van der Waals surface area contributed by atoms with E-state index in [2.05, 4.69) is 10.6 Å². The number of hydrogen-bond donors (Lipinski definition) is 3. The van der Waals surface area contributed by atoms with Gasteiger partial charge >= 0.3 is 0 Å². The van der Waals surface area contributed by atoms with Gasteiger partial charge in [-0.05, 0) is 6.07 Å². The number of carbonyl (C=O) groups is 1. The van der Waals surface area contributed by atoms with Crippen molar-refractivity contribution < 1.29 is 9.90 Å². The van der Waals surface area contributed by atoms with Gasteiger partial charge < -0.3 is 20.3 Å². The molecule has 0 spiro atoms. The highest BCUT2D eigenvalue weighted by Gasteiger charge is 2.25. The molecule has 0 bridgehead atoms. The first-order valence-corrected chi connectivity index (χ1v) is 7.33. The van der Waals surface area contributed by atoms with Crippen LogP contribution >= 0.6 is 0 Å². The third-order valence-corrected chi connectivity index (χ3v) is 4.23. The van der Waals surface area contributed by atoms with Crippen LogP contribution in [-0.4, -0.2) is 41.3 Å². The molecule has 22 heavy (non-hydrogen) atoms. The number of amides is 1. The molecule has 0 aliphatic carbocycles. The van der Waals surface area contributed by atoms with Gasteiger partial charge in [-0.3, -0.25) is 9.59 Å². The highest BCUT2D eigenvalue weighted by Crippen LogP contribution is 2.16. The third kappa shape index (κ3) is 2.63. The van der Waals surface area contributed by atoms with Crippen molar-refractivity contribution in [1.29, 1.82) is 0 Å². The molecule has 1 aliphatic rings. The average Bonchev–Trinajstić information content (AvgIpc) is 2.94. The number of fused-ring (bicyclic) bond motifs is 1. The number of pyridine rings is 1. The number of nitrogens with zero attached hydrogens (tertiary/aromatic N) is 1. The molecule has 116 valence electrons. The number of benzene rings is 1. The van der Waals surface area contributed by atoms with Gasteiger partial charge in [0, 0.05) is 44.1 Å². The predicted octanol–water partition coefficient (Wildman–Crippen LogP) is -0.151. The highest BCUT2D eigenvalue weighted by atomic mass is 16.3. The van der Waals surface area contributed by atoms with Crippen LogP contribution in [0.5, 0.6) is 0 Å². The Morgan fingerprint density at radius 1 is 1.41 bits per heavy atom. The molecule has 6 heteroatoms. The van der Waals surface area contributed by atoms with Crippen molar-refractivity contribution in [3.63, 3.8) is 0 Å². The zero-order chi connectivity index (χ0) is 15.7. The quantitative estimate of drug-likeness (QED) is 0.736. The number of hydrogen-bond acceptors (Lipinski definition) is 4. The molecule has 1 aliphatic heterocycles. The predicted molar refractivity (Wildman–Crippen MR) is 83.9 cm³/mol. The lowest BCUT2D eigenvalue weighted by atomic mass is 10.1. The smallest absolute Gasteiger partial charge is 0.252 e. The molecule has 2 atom stereocenters. The normalized spacial score (nSPS) is 21.2. The second-order valence-corrected chi connectivity index (χ2v) is 5.67. The van der Waals surface area contributed by atoms with E-state index in [0.29, 0.717) is 25.2 Å². The van der Waals surface area contributed by atoms with Crippen LogP contribution in [0.15, 0.2) is 35.1 Å². The van der Waals surface area contributed by atoms with Gasteiger partial charge in [-0.2, -0.15) is 0 Å². The lowest BCUT2D eigenvalue weighted by Crippen LogP contribution is -2.35. The summed E-state index contributed by atoms with van der Waals surface area (Å²) in [5.41, 5.74) is 0.883. The molecule has 2 heterocycles. The SMILES string of the molecule is Cn1c(=O)cc(C(=O)NCC2CNCC2O)c2ccccc21. The molecule has 1 fully saturated rings. The summed E-state index contributed by atoms with van der Waals surface area (Å²) in [6, 6.07) is 8.69. The average molecular weight is 301 g/mol. The van der Waals surface area contributed by atoms with Crippen molar-refractivity contribution >= 4 is 16.8 Å². The van der Waals surface area contributed by atoms with E-state index >= 15 is 0 Å². The maximum atomic E-state index is 12.4. The monoisotopic (exact) mass is 301 g/mol. The van der Waals surface area contributed by atoms with E-state index in [9.17, 15) is 14.7 Å². The van der Waals surface area contributed by atoms with Crippen molar-refractivity contribution in [1.82, 2.24) is 15.2 Å². The van der Waals surface area contributed by atoms with Gasteiger partial charge in [-0.1, -0.05) is 18.2 Å². The number of aliphatic hydroxyl groups excluding tert-OH is 1. The first-order chi connectivity index (χ1) is 10.6. The largest absolute Gasteiger partial charge is 0.391 e. The second-order valence-electron chi connectivity index (χ2n) is 5.67. The maximum Gasteiger partial charge on any atom is 0.252 e. The molecule has 3 N–H and O–H groups in total. The van der Waals surface area contributed by atoms with Gasteiger partial charge in [0.15, 0.2) is 0 Å². The van der Waals surface area contributed by atoms with Gasteiger partial charge in [0.2, 0.25) is 0 Å². The van der Waals surface area contributed by atoms with Crippen LogP contribution in [0.4, 0.5) is 0 Å². The molecule has 2 unspecified atom stereocenters. The molecule has 1 aromatic heterocycles. The van der Waals surface area contributed by atoms with Crippen molar-refractivity contribution in [3.8, 4) is 0 Å². The van der Waals surface area contributed by atoms with Crippen molar-refractivity contribution in [2.75, 3.05) is 19.6 Å². The van der Waals surface area contributed by atoms with Crippen LogP contribution in [0.2, 0.25) is 0 Å². The zero-order valence-corrected chi connectivity index (χ0v) is 12.4. The Hall–Kier alpha value is -2.18. The van der Waals surface area contributed by atoms with Crippen LogP contribution < -0.4 is 16.2 Å². The van der Waals surface area contributed by atoms with E-state index in [-0.39, 0.29) is 17.4 Å². The van der Waals surface area contributed by atoms with Crippen molar-refractivity contribution in [2.45, 2.75) is 6.10 Å². The molecule has 1 amide bonds. The first-order valence-electron chi connectivity index (χ1n) is 7.33. The molecule has 6 nitrogen and oxygen atoms in total. The molecular weight excluding hydrogens is 282 g/mol. The van der Waals surface area contributed by atoms with E-state index in [4.69, 9.17) is 0 Å². The maximum absolute atomic E-state index is 12.4. The van der Waals surface area contributed by atoms with Crippen LogP contribution in [-0.2, 0) is 7.05 Å². The van der Waals surface area contributed by atoms with Crippen LogP contribution in [0.1, 0.15) is 10.4 Å². The Morgan fingerprint density at radius 2 is 2.18 bits per heavy atom. The van der Waals surface area contributed by atoms with Crippen LogP contribution in [0, 0.1) is 5.92 Å². The minimum absolute atomic E-state index is 0.00163. The fourth-order valence-electron chi connectivity index (χ4n) is 2.85. The molecular formula is C16H19N3O3.